The number of alkyl halides is 3. The molecule has 1 aromatic carbocycles. The van der Waals surface area contributed by atoms with Gasteiger partial charge in [0.15, 0.2) is 11.5 Å². The van der Waals surface area contributed by atoms with E-state index in [0.717, 1.165) is 6.07 Å². The largest absolute Gasteiger partial charge is 0.573 e. The summed E-state index contributed by atoms with van der Waals surface area (Å²) in [7, 11) is 1.64. The van der Waals surface area contributed by atoms with Crippen molar-refractivity contribution in [3.05, 3.63) is 24.3 Å². The van der Waals surface area contributed by atoms with Crippen LogP contribution in [0.25, 0.3) is 0 Å². The molecule has 0 amide bonds. The number of nitrogens with one attached hydrogen (secondary N) is 1. The van der Waals surface area contributed by atoms with Gasteiger partial charge >= 0.3 is 6.36 Å². The van der Waals surface area contributed by atoms with Gasteiger partial charge < -0.3 is 19.9 Å². The summed E-state index contributed by atoms with van der Waals surface area (Å²) in [4.78, 5) is 0. The molecule has 4 nitrogen and oxygen atoms in total. The first-order chi connectivity index (χ1) is 8.42. The van der Waals surface area contributed by atoms with Crippen molar-refractivity contribution in [1.29, 1.82) is 0 Å². The van der Waals surface area contributed by atoms with Gasteiger partial charge in [0.05, 0.1) is 0 Å². The molecule has 0 fully saturated rings. The van der Waals surface area contributed by atoms with Gasteiger partial charge in [0.2, 0.25) is 0 Å². The summed E-state index contributed by atoms with van der Waals surface area (Å²) in [5.41, 5.74) is 0. The average molecular weight is 265 g/mol. The van der Waals surface area contributed by atoms with Crippen LogP contribution < -0.4 is 14.8 Å². The second kappa shape index (κ2) is 6.46. The van der Waals surface area contributed by atoms with Crippen LogP contribution in [0.15, 0.2) is 24.3 Å². The Hall–Kier alpha value is -1.47. The molecule has 102 valence electrons. The summed E-state index contributed by atoms with van der Waals surface area (Å²) >= 11 is 0. The number of hydrogen-bond donors (Lipinski definition) is 2. The highest BCUT2D eigenvalue weighted by atomic mass is 19.4. The standard InChI is InChI=1S/C11H14F3NO3/c1-15-6-8(16)7-17-9-4-2-3-5-10(9)18-11(12,13)14/h2-5,8,15-16H,6-7H2,1H3. The number of aliphatic hydroxyl groups excluding tert-OH is 1. The number of benzene rings is 1. The van der Waals surface area contributed by atoms with Crippen LogP contribution in [0.3, 0.4) is 0 Å². The first-order valence-electron chi connectivity index (χ1n) is 5.22. The van der Waals surface area contributed by atoms with Gasteiger partial charge in [-0.2, -0.15) is 0 Å². The van der Waals surface area contributed by atoms with Crippen LogP contribution in [0.2, 0.25) is 0 Å². The third-order valence-electron chi connectivity index (χ3n) is 1.95. The second-order valence-corrected chi connectivity index (χ2v) is 3.52. The van der Waals surface area contributed by atoms with Crippen molar-refractivity contribution in [2.24, 2.45) is 0 Å². The highest BCUT2D eigenvalue weighted by Crippen LogP contribution is 2.31. The van der Waals surface area contributed by atoms with Crippen LogP contribution in [0.5, 0.6) is 11.5 Å². The summed E-state index contributed by atoms with van der Waals surface area (Å²) in [5, 5.41) is 12.1. The molecule has 0 radical (unpaired) electrons. The lowest BCUT2D eigenvalue weighted by Crippen LogP contribution is -2.29. The molecule has 0 spiro atoms. The van der Waals surface area contributed by atoms with Gasteiger partial charge in [-0.1, -0.05) is 12.1 Å². The number of halogens is 3. The highest BCUT2D eigenvalue weighted by molar-refractivity contribution is 5.39. The molecule has 0 saturated heterocycles. The van der Waals surface area contributed by atoms with E-state index in [0.29, 0.717) is 0 Å². The highest BCUT2D eigenvalue weighted by Gasteiger charge is 2.32. The lowest BCUT2D eigenvalue weighted by molar-refractivity contribution is -0.275. The Labute approximate surface area is 102 Å². The molecule has 1 unspecified atom stereocenters. The van der Waals surface area contributed by atoms with E-state index in [1.165, 1.54) is 18.2 Å². The molecular formula is C11H14F3NO3. The van der Waals surface area contributed by atoms with E-state index in [1.54, 1.807) is 7.05 Å². The fourth-order valence-corrected chi connectivity index (χ4v) is 1.26. The summed E-state index contributed by atoms with van der Waals surface area (Å²) in [6.07, 6.45) is -5.59. The predicted molar refractivity (Wildman–Crippen MR) is 58.6 cm³/mol. The van der Waals surface area contributed by atoms with Gasteiger partial charge in [0.25, 0.3) is 0 Å². The Kier molecular flexibility index (Phi) is 5.24. The van der Waals surface area contributed by atoms with E-state index in [4.69, 9.17) is 4.74 Å². The molecule has 1 aromatic rings. The van der Waals surface area contributed by atoms with Crippen molar-refractivity contribution in [2.45, 2.75) is 12.5 Å². The first-order valence-corrected chi connectivity index (χ1v) is 5.22. The van der Waals surface area contributed by atoms with Crippen LogP contribution >= 0.6 is 0 Å². The Morgan fingerprint density at radius 1 is 1.28 bits per heavy atom. The zero-order valence-electron chi connectivity index (χ0n) is 9.70. The Morgan fingerprint density at radius 3 is 2.44 bits per heavy atom. The van der Waals surface area contributed by atoms with Gasteiger partial charge in [0, 0.05) is 6.54 Å². The number of hydrogen-bond acceptors (Lipinski definition) is 4. The molecule has 2 N–H and O–H groups in total. The maximum absolute atomic E-state index is 12.1. The monoisotopic (exact) mass is 265 g/mol. The summed E-state index contributed by atoms with van der Waals surface area (Å²) in [6.45, 7) is 0.154. The molecule has 0 aromatic heterocycles. The molecule has 0 bridgehead atoms. The number of ether oxygens (including phenoxy) is 2. The smallest absolute Gasteiger partial charge is 0.487 e. The van der Waals surface area contributed by atoms with Gasteiger partial charge in [-0.25, -0.2) is 0 Å². The molecule has 0 saturated carbocycles. The second-order valence-electron chi connectivity index (χ2n) is 3.52. The summed E-state index contributed by atoms with van der Waals surface area (Å²) in [5.74, 6) is -0.494. The number of para-hydroxylation sites is 2. The molecule has 0 heterocycles. The number of likely N-dealkylation sites (N-methyl/N-ethyl adjacent to an activating group) is 1. The Morgan fingerprint density at radius 2 is 1.89 bits per heavy atom. The van der Waals surface area contributed by atoms with Crippen LogP contribution in [0.4, 0.5) is 13.2 Å². The van der Waals surface area contributed by atoms with E-state index in [-0.39, 0.29) is 18.9 Å². The molecule has 0 aliphatic heterocycles. The Bertz CT molecular complexity index is 371. The molecule has 0 aliphatic rings. The maximum atomic E-state index is 12.1. The van der Waals surface area contributed by atoms with E-state index in [1.807, 2.05) is 0 Å². The first kappa shape index (κ1) is 14.6. The topological polar surface area (TPSA) is 50.7 Å². The van der Waals surface area contributed by atoms with E-state index < -0.39 is 18.2 Å². The van der Waals surface area contributed by atoms with E-state index >= 15 is 0 Å². The van der Waals surface area contributed by atoms with Crippen LogP contribution in [0.1, 0.15) is 0 Å². The molecule has 7 heteroatoms. The minimum atomic E-state index is -4.77. The fraction of sp³-hybridized carbons (Fsp3) is 0.455. The van der Waals surface area contributed by atoms with Crippen molar-refractivity contribution in [3.8, 4) is 11.5 Å². The van der Waals surface area contributed by atoms with Crippen molar-refractivity contribution >= 4 is 0 Å². The van der Waals surface area contributed by atoms with Crippen LogP contribution in [0, 0.1) is 0 Å². The van der Waals surface area contributed by atoms with Crippen LogP contribution in [-0.2, 0) is 0 Å². The van der Waals surface area contributed by atoms with Crippen molar-refractivity contribution in [2.75, 3.05) is 20.2 Å². The Balaban J connectivity index is 2.65. The van der Waals surface area contributed by atoms with E-state index in [9.17, 15) is 18.3 Å². The molecular weight excluding hydrogens is 251 g/mol. The van der Waals surface area contributed by atoms with Crippen molar-refractivity contribution in [3.63, 3.8) is 0 Å². The van der Waals surface area contributed by atoms with Crippen LogP contribution in [-0.4, -0.2) is 37.8 Å². The molecule has 0 aliphatic carbocycles. The van der Waals surface area contributed by atoms with Gasteiger partial charge in [-0.3, -0.25) is 0 Å². The molecule has 1 atom stereocenters. The normalized spacial score (nSPS) is 13.2. The lowest BCUT2D eigenvalue weighted by Gasteiger charge is -2.15. The maximum Gasteiger partial charge on any atom is 0.573 e. The van der Waals surface area contributed by atoms with Crippen molar-refractivity contribution in [1.82, 2.24) is 5.32 Å². The minimum absolute atomic E-state index is 0.0648. The third-order valence-corrected chi connectivity index (χ3v) is 1.95. The molecule has 1 rings (SSSR count). The zero-order valence-corrected chi connectivity index (χ0v) is 9.70. The zero-order chi connectivity index (χ0) is 13.6. The van der Waals surface area contributed by atoms with Gasteiger partial charge in [-0.05, 0) is 19.2 Å². The van der Waals surface area contributed by atoms with Crippen molar-refractivity contribution < 1.29 is 27.8 Å². The van der Waals surface area contributed by atoms with E-state index in [2.05, 4.69) is 10.1 Å². The lowest BCUT2D eigenvalue weighted by atomic mass is 10.3. The minimum Gasteiger partial charge on any atom is -0.487 e. The quantitative estimate of drug-likeness (QED) is 0.819. The third kappa shape index (κ3) is 5.24. The van der Waals surface area contributed by atoms with Gasteiger partial charge in [-0.15, -0.1) is 13.2 Å². The summed E-state index contributed by atoms with van der Waals surface area (Å²) in [6, 6.07) is 5.40. The SMILES string of the molecule is CNCC(O)COc1ccccc1OC(F)(F)F. The number of aliphatic hydroxyl groups is 1. The molecule has 18 heavy (non-hydrogen) atoms. The predicted octanol–water partition coefficient (Wildman–Crippen LogP) is 1.54. The van der Waals surface area contributed by atoms with Gasteiger partial charge in [0.1, 0.15) is 12.7 Å². The average Bonchev–Trinajstić information content (AvgIpc) is 2.26. The number of rotatable bonds is 6. The summed E-state index contributed by atoms with van der Waals surface area (Å²) < 4.78 is 45.2. The fourth-order valence-electron chi connectivity index (χ4n) is 1.26.